The van der Waals surface area contributed by atoms with E-state index in [-0.39, 0.29) is 30.8 Å². The van der Waals surface area contributed by atoms with Gasteiger partial charge >= 0.3 is 0 Å². The van der Waals surface area contributed by atoms with Crippen LogP contribution in [0.2, 0.25) is 5.02 Å². The Balaban J connectivity index is 1.95. The maximum Gasteiger partial charge on any atom is 0.222 e. The highest BCUT2D eigenvalue weighted by molar-refractivity contribution is 6.30. The summed E-state index contributed by atoms with van der Waals surface area (Å²) in [6.07, 6.45) is 0.443. The molecule has 0 bridgehead atoms. The van der Waals surface area contributed by atoms with Crippen molar-refractivity contribution in [3.8, 4) is 5.75 Å². The lowest BCUT2D eigenvalue weighted by atomic mass is 9.81. The van der Waals surface area contributed by atoms with Gasteiger partial charge in [0.25, 0.3) is 0 Å². The molecule has 1 aliphatic heterocycles. The number of rotatable bonds is 5. The summed E-state index contributed by atoms with van der Waals surface area (Å²) in [5.41, 5.74) is 2.09. The average Bonchev–Trinajstić information content (AvgIpc) is 2.63. The first-order chi connectivity index (χ1) is 13.3. The second kappa shape index (κ2) is 8.52. The Morgan fingerprint density at radius 3 is 2.71 bits per heavy atom. The third-order valence-corrected chi connectivity index (χ3v) is 5.37. The number of ether oxygens (including phenoxy) is 1. The third kappa shape index (κ3) is 4.85. The molecule has 0 unspecified atom stereocenters. The largest absolute Gasteiger partial charge is 0.508 e. The highest BCUT2D eigenvalue weighted by Gasteiger charge is 2.41. The quantitative estimate of drug-likeness (QED) is 0.698. The Kier molecular flexibility index (Phi) is 6.28. The van der Waals surface area contributed by atoms with Crippen LogP contribution >= 0.6 is 11.6 Å². The fraction of sp³-hybridized carbons (Fsp3) is 0.409. The van der Waals surface area contributed by atoms with Crippen molar-refractivity contribution in [1.82, 2.24) is 5.32 Å². The van der Waals surface area contributed by atoms with Gasteiger partial charge in [-0.05, 0) is 43.7 Å². The van der Waals surface area contributed by atoms with Crippen molar-refractivity contribution in [2.45, 2.75) is 50.9 Å². The molecule has 2 aromatic carbocycles. The maximum atomic E-state index is 12.2. The Morgan fingerprint density at radius 2 is 2.00 bits per heavy atom. The number of aromatic hydroxyl groups is 1. The fourth-order valence-electron chi connectivity index (χ4n) is 3.82. The molecule has 0 saturated carbocycles. The summed E-state index contributed by atoms with van der Waals surface area (Å²) >= 11 is 6.17. The van der Waals surface area contributed by atoms with E-state index in [9.17, 15) is 9.90 Å². The van der Waals surface area contributed by atoms with Gasteiger partial charge in [-0.1, -0.05) is 35.4 Å². The molecule has 3 rings (SSSR count). The topological polar surface area (TPSA) is 78.8 Å². The van der Waals surface area contributed by atoms with Gasteiger partial charge in [0.15, 0.2) is 0 Å². The van der Waals surface area contributed by atoms with Crippen LogP contribution in [0.3, 0.4) is 0 Å². The van der Waals surface area contributed by atoms with Crippen LogP contribution in [0.1, 0.15) is 55.1 Å². The smallest absolute Gasteiger partial charge is 0.222 e. The molecule has 6 heteroatoms. The van der Waals surface area contributed by atoms with E-state index in [2.05, 4.69) is 5.32 Å². The first-order valence-corrected chi connectivity index (χ1v) is 9.80. The summed E-state index contributed by atoms with van der Waals surface area (Å²) in [7, 11) is 0. The van der Waals surface area contributed by atoms with Crippen LogP contribution in [0.25, 0.3) is 0 Å². The number of benzene rings is 2. The van der Waals surface area contributed by atoms with Crippen molar-refractivity contribution in [2.75, 3.05) is 6.61 Å². The van der Waals surface area contributed by atoms with Crippen LogP contribution in [-0.4, -0.2) is 28.3 Å². The molecule has 3 atom stereocenters. The van der Waals surface area contributed by atoms with E-state index in [1.807, 2.05) is 44.2 Å². The molecular weight excluding hydrogens is 378 g/mol. The predicted octanol–water partition coefficient (Wildman–Crippen LogP) is 4.20. The summed E-state index contributed by atoms with van der Waals surface area (Å²) in [6.45, 7) is 3.74. The molecule has 2 aromatic rings. The number of aryl methyl sites for hydroxylation is 1. The number of hydrogen-bond donors (Lipinski definition) is 3. The first kappa shape index (κ1) is 20.6. The number of carbonyl (C=O) groups excluding carboxylic acids is 1. The van der Waals surface area contributed by atoms with Gasteiger partial charge < -0.3 is 20.3 Å². The highest BCUT2D eigenvalue weighted by atomic mass is 35.5. The number of hydrogen-bond acceptors (Lipinski definition) is 4. The second-order valence-corrected chi connectivity index (χ2v) is 8.16. The van der Waals surface area contributed by atoms with Crippen LogP contribution in [0.4, 0.5) is 0 Å². The van der Waals surface area contributed by atoms with Crippen LogP contribution in [0.15, 0.2) is 42.5 Å². The van der Waals surface area contributed by atoms with Crippen LogP contribution in [0.5, 0.6) is 5.75 Å². The van der Waals surface area contributed by atoms with Crippen molar-refractivity contribution >= 4 is 17.5 Å². The summed E-state index contributed by atoms with van der Waals surface area (Å²) < 4.78 is 6.37. The van der Waals surface area contributed by atoms with Crippen molar-refractivity contribution < 1.29 is 19.7 Å². The molecule has 28 heavy (non-hydrogen) atoms. The summed E-state index contributed by atoms with van der Waals surface area (Å²) in [6, 6.07) is 12.9. The predicted molar refractivity (Wildman–Crippen MR) is 108 cm³/mol. The van der Waals surface area contributed by atoms with Gasteiger partial charge in [0, 0.05) is 35.4 Å². The number of halogens is 1. The minimum atomic E-state index is -0.557. The summed E-state index contributed by atoms with van der Waals surface area (Å²) in [5, 5.41) is 23.1. The number of carbonyl (C=O) groups is 1. The van der Waals surface area contributed by atoms with Crippen molar-refractivity contribution in [1.29, 1.82) is 0 Å². The first-order valence-electron chi connectivity index (χ1n) is 9.42. The second-order valence-electron chi connectivity index (χ2n) is 7.72. The fourth-order valence-corrected chi connectivity index (χ4v) is 4.02. The van der Waals surface area contributed by atoms with Gasteiger partial charge in [0.2, 0.25) is 5.91 Å². The Hall–Kier alpha value is -2.08. The van der Waals surface area contributed by atoms with Crippen LogP contribution in [-0.2, 0) is 9.53 Å². The number of phenolic OH excluding ortho intramolecular Hbond substituents is 1. The van der Waals surface area contributed by atoms with Gasteiger partial charge in [0.1, 0.15) is 5.75 Å². The summed E-state index contributed by atoms with van der Waals surface area (Å²) in [4.78, 5) is 12.2. The standard InChI is InChI=1S/C22H26ClNO4/c1-14-6-7-18(26)17(10-14)20-13-22(2,24-21(27)8-9-25)12-19(28-20)15-4-3-5-16(23)11-15/h3-7,10-11,19-20,25-26H,8-9,12-13H2,1-2H3,(H,24,27)/t19-,20+,22+/m0/s1. The lowest BCUT2D eigenvalue weighted by Gasteiger charge is -2.43. The molecule has 150 valence electrons. The Morgan fingerprint density at radius 1 is 1.25 bits per heavy atom. The van der Waals surface area contributed by atoms with E-state index in [1.54, 1.807) is 12.1 Å². The van der Waals surface area contributed by atoms with E-state index in [0.29, 0.717) is 23.4 Å². The number of aliphatic hydroxyl groups excluding tert-OH is 1. The molecule has 1 aliphatic rings. The SMILES string of the molecule is Cc1ccc(O)c([C@H]2C[C@](C)(NC(=O)CCO)C[C@@H](c3cccc(Cl)c3)O2)c1. The van der Waals surface area contributed by atoms with Crippen molar-refractivity contribution in [3.05, 3.63) is 64.2 Å². The lowest BCUT2D eigenvalue weighted by Crippen LogP contribution is -2.51. The molecule has 1 heterocycles. The van der Waals surface area contributed by atoms with Crippen molar-refractivity contribution in [3.63, 3.8) is 0 Å². The van der Waals surface area contributed by atoms with Crippen LogP contribution in [0, 0.1) is 6.92 Å². The zero-order chi connectivity index (χ0) is 20.3. The number of aliphatic hydroxyl groups is 1. The highest BCUT2D eigenvalue weighted by Crippen LogP contribution is 2.46. The lowest BCUT2D eigenvalue weighted by molar-refractivity contribution is -0.129. The van der Waals surface area contributed by atoms with E-state index in [4.69, 9.17) is 21.4 Å². The maximum absolute atomic E-state index is 12.2. The Bertz CT molecular complexity index is 856. The average molecular weight is 404 g/mol. The zero-order valence-corrected chi connectivity index (χ0v) is 16.9. The van der Waals surface area contributed by atoms with E-state index in [0.717, 1.165) is 11.1 Å². The normalized spacial score (nSPS) is 24.7. The molecule has 0 aliphatic carbocycles. The number of phenols is 1. The molecule has 3 N–H and O–H groups in total. The molecule has 0 aromatic heterocycles. The van der Waals surface area contributed by atoms with Gasteiger partial charge in [-0.3, -0.25) is 4.79 Å². The molecule has 1 saturated heterocycles. The molecule has 0 spiro atoms. The van der Waals surface area contributed by atoms with E-state index < -0.39 is 11.6 Å². The zero-order valence-electron chi connectivity index (χ0n) is 16.1. The van der Waals surface area contributed by atoms with Gasteiger partial charge in [-0.15, -0.1) is 0 Å². The molecule has 1 amide bonds. The summed E-state index contributed by atoms with van der Waals surface area (Å²) in [5.74, 6) is -0.0321. The number of amides is 1. The van der Waals surface area contributed by atoms with Gasteiger partial charge in [-0.2, -0.15) is 0 Å². The molecule has 1 fully saturated rings. The molecular formula is C22H26ClNO4. The molecule has 5 nitrogen and oxygen atoms in total. The van der Waals surface area contributed by atoms with Gasteiger partial charge in [-0.25, -0.2) is 0 Å². The number of nitrogens with one attached hydrogen (secondary N) is 1. The van der Waals surface area contributed by atoms with Crippen LogP contribution < -0.4 is 5.32 Å². The monoisotopic (exact) mass is 403 g/mol. The van der Waals surface area contributed by atoms with Gasteiger partial charge in [0.05, 0.1) is 18.8 Å². The van der Waals surface area contributed by atoms with E-state index >= 15 is 0 Å². The third-order valence-electron chi connectivity index (χ3n) is 5.13. The minimum absolute atomic E-state index is 0.0542. The van der Waals surface area contributed by atoms with Crippen molar-refractivity contribution in [2.24, 2.45) is 0 Å². The minimum Gasteiger partial charge on any atom is -0.508 e. The molecule has 0 radical (unpaired) electrons. The Labute approximate surface area is 170 Å². The van der Waals surface area contributed by atoms with E-state index in [1.165, 1.54) is 0 Å².